The molecule has 0 aromatic heterocycles. The van der Waals surface area contributed by atoms with Crippen LogP contribution in [0.2, 0.25) is 0 Å². The number of nitrogens with one attached hydrogen (secondary N) is 1. The highest BCUT2D eigenvalue weighted by molar-refractivity contribution is 5.89. The van der Waals surface area contributed by atoms with Crippen LogP contribution in [0.15, 0.2) is 48.5 Å². The van der Waals surface area contributed by atoms with Crippen LogP contribution in [-0.4, -0.2) is 19.0 Å². The lowest BCUT2D eigenvalue weighted by atomic mass is 10.1. The number of carbonyl (C=O) groups excluding carboxylic acids is 2. The summed E-state index contributed by atoms with van der Waals surface area (Å²) in [6.45, 7) is 2.11. The van der Waals surface area contributed by atoms with Crippen LogP contribution in [-0.2, 0) is 22.7 Å². The van der Waals surface area contributed by atoms with Gasteiger partial charge in [0.05, 0.1) is 12.7 Å². The van der Waals surface area contributed by atoms with Crippen LogP contribution in [0, 0.1) is 0 Å². The maximum Gasteiger partial charge on any atom is 0.338 e. The van der Waals surface area contributed by atoms with Gasteiger partial charge in [-0.1, -0.05) is 24.3 Å². The molecule has 0 saturated carbocycles. The van der Waals surface area contributed by atoms with Gasteiger partial charge in [-0.05, 0) is 35.4 Å². The first-order chi connectivity index (χ1) is 11.1. The summed E-state index contributed by atoms with van der Waals surface area (Å²) in [5.41, 5.74) is 2.29. The average Bonchev–Trinajstić information content (AvgIpc) is 2.58. The van der Waals surface area contributed by atoms with Crippen molar-refractivity contribution in [3.05, 3.63) is 65.2 Å². The Balaban J connectivity index is 1.88. The number of carbonyl (C=O) groups is 2. The van der Waals surface area contributed by atoms with Gasteiger partial charge in [-0.2, -0.15) is 0 Å². The lowest BCUT2D eigenvalue weighted by Crippen LogP contribution is -2.18. The van der Waals surface area contributed by atoms with E-state index in [2.05, 4.69) is 5.32 Å². The fraction of sp³-hybridized carbons (Fsp3) is 0.222. The van der Waals surface area contributed by atoms with E-state index >= 15 is 0 Å². The summed E-state index contributed by atoms with van der Waals surface area (Å²) < 4.78 is 10.4. The van der Waals surface area contributed by atoms with Crippen LogP contribution in [0.4, 0.5) is 0 Å². The topological polar surface area (TPSA) is 64.6 Å². The Morgan fingerprint density at radius 1 is 0.957 bits per heavy atom. The Hall–Kier alpha value is -2.82. The van der Waals surface area contributed by atoms with E-state index in [-0.39, 0.29) is 18.5 Å². The van der Waals surface area contributed by atoms with E-state index in [9.17, 15) is 9.59 Å². The van der Waals surface area contributed by atoms with Crippen LogP contribution < -0.4 is 10.1 Å². The van der Waals surface area contributed by atoms with E-state index in [0.29, 0.717) is 12.1 Å². The number of hydrogen-bond acceptors (Lipinski definition) is 4. The predicted molar refractivity (Wildman–Crippen MR) is 86.1 cm³/mol. The van der Waals surface area contributed by atoms with Crippen LogP contribution in [0.5, 0.6) is 5.75 Å². The lowest BCUT2D eigenvalue weighted by Gasteiger charge is -2.07. The minimum atomic E-state index is -0.383. The van der Waals surface area contributed by atoms with Gasteiger partial charge < -0.3 is 14.8 Å². The highest BCUT2D eigenvalue weighted by atomic mass is 16.5. The molecular formula is C18H19NO4. The lowest BCUT2D eigenvalue weighted by molar-refractivity contribution is -0.119. The molecule has 0 saturated heterocycles. The van der Waals surface area contributed by atoms with Crippen LogP contribution in [0.25, 0.3) is 0 Å². The summed E-state index contributed by atoms with van der Waals surface area (Å²) in [5, 5.41) is 2.70. The minimum Gasteiger partial charge on any atom is -0.497 e. The molecule has 1 amide bonds. The summed E-state index contributed by atoms with van der Waals surface area (Å²) >= 11 is 0. The molecule has 0 atom stereocenters. The monoisotopic (exact) mass is 313 g/mol. The summed E-state index contributed by atoms with van der Waals surface area (Å²) in [6.07, 6.45) is 0. The molecule has 120 valence electrons. The van der Waals surface area contributed by atoms with Crippen LogP contribution >= 0.6 is 0 Å². The zero-order chi connectivity index (χ0) is 16.7. The number of hydrogen-bond donors (Lipinski definition) is 1. The predicted octanol–water partition coefficient (Wildman–Crippen LogP) is 2.69. The van der Waals surface area contributed by atoms with Crippen molar-refractivity contribution in [1.29, 1.82) is 0 Å². The molecule has 1 N–H and O–H groups in total. The smallest absolute Gasteiger partial charge is 0.338 e. The zero-order valence-electron chi connectivity index (χ0n) is 13.2. The summed E-state index contributed by atoms with van der Waals surface area (Å²) in [5.74, 6) is 0.287. The molecule has 0 aliphatic heterocycles. The fourth-order valence-corrected chi connectivity index (χ4v) is 1.94. The molecule has 0 aliphatic carbocycles. The normalized spacial score (nSPS) is 10.0. The van der Waals surface area contributed by atoms with Gasteiger partial charge in [-0.15, -0.1) is 0 Å². The van der Waals surface area contributed by atoms with E-state index < -0.39 is 0 Å². The Morgan fingerprint density at radius 3 is 2.13 bits per heavy atom. The summed E-state index contributed by atoms with van der Waals surface area (Å²) in [7, 11) is 1.60. The van der Waals surface area contributed by atoms with Crippen molar-refractivity contribution >= 4 is 11.9 Å². The molecule has 0 aliphatic rings. The average molecular weight is 313 g/mol. The van der Waals surface area contributed by atoms with Gasteiger partial charge in [0.1, 0.15) is 12.4 Å². The fourth-order valence-electron chi connectivity index (χ4n) is 1.94. The Morgan fingerprint density at radius 2 is 1.57 bits per heavy atom. The van der Waals surface area contributed by atoms with Crippen molar-refractivity contribution in [3.63, 3.8) is 0 Å². The highest BCUT2D eigenvalue weighted by Gasteiger charge is 2.07. The van der Waals surface area contributed by atoms with Crippen molar-refractivity contribution < 1.29 is 19.1 Å². The molecule has 23 heavy (non-hydrogen) atoms. The van der Waals surface area contributed by atoms with E-state index in [1.54, 1.807) is 31.4 Å². The molecule has 0 radical (unpaired) electrons. The number of benzene rings is 2. The van der Waals surface area contributed by atoms with E-state index in [4.69, 9.17) is 9.47 Å². The summed E-state index contributed by atoms with van der Waals surface area (Å²) in [6, 6.07) is 14.3. The minimum absolute atomic E-state index is 0.0898. The second-order valence-electron chi connectivity index (χ2n) is 5.03. The van der Waals surface area contributed by atoms with E-state index in [0.717, 1.165) is 16.9 Å². The first-order valence-electron chi connectivity index (χ1n) is 7.22. The van der Waals surface area contributed by atoms with Gasteiger partial charge in [-0.3, -0.25) is 4.79 Å². The number of amides is 1. The molecule has 5 heteroatoms. The van der Waals surface area contributed by atoms with Gasteiger partial charge in [0.15, 0.2) is 0 Å². The second kappa shape index (κ2) is 7.98. The maximum absolute atomic E-state index is 12.0. The van der Waals surface area contributed by atoms with E-state index in [1.807, 2.05) is 24.3 Å². The van der Waals surface area contributed by atoms with Gasteiger partial charge in [0, 0.05) is 13.5 Å². The third-order valence-corrected chi connectivity index (χ3v) is 3.26. The largest absolute Gasteiger partial charge is 0.497 e. The van der Waals surface area contributed by atoms with Crippen molar-refractivity contribution in [2.75, 3.05) is 7.11 Å². The number of rotatable bonds is 6. The molecule has 2 rings (SSSR count). The maximum atomic E-state index is 12.0. The standard InChI is InChI=1S/C18H19NO4/c1-13(20)19-11-14-3-7-16(8-4-14)18(21)23-12-15-5-9-17(22-2)10-6-15/h3-10H,11-12H2,1-2H3,(H,19,20). The van der Waals surface area contributed by atoms with E-state index in [1.165, 1.54) is 6.92 Å². The van der Waals surface area contributed by atoms with Gasteiger partial charge in [0.25, 0.3) is 0 Å². The third kappa shape index (κ3) is 5.14. The zero-order valence-corrected chi connectivity index (χ0v) is 13.2. The Labute approximate surface area is 135 Å². The molecule has 0 bridgehead atoms. The molecular weight excluding hydrogens is 294 g/mol. The molecule has 2 aromatic rings. The van der Waals surface area contributed by atoms with Crippen molar-refractivity contribution in [3.8, 4) is 5.75 Å². The van der Waals surface area contributed by atoms with Crippen molar-refractivity contribution in [1.82, 2.24) is 5.32 Å². The van der Waals surface area contributed by atoms with Crippen molar-refractivity contribution in [2.45, 2.75) is 20.1 Å². The van der Waals surface area contributed by atoms with Gasteiger partial charge in [-0.25, -0.2) is 4.79 Å². The third-order valence-electron chi connectivity index (χ3n) is 3.26. The first kappa shape index (κ1) is 16.5. The van der Waals surface area contributed by atoms with Gasteiger partial charge in [0.2, 0.25) is 5.91 Å². The first-order valence-corrected chi connectivity index (χ1v) is 7.22. The molecule has 0 spiro atoms. The second-order valence-corrected chi connectivity index (χ2v) is 5.03. The highest BCUT2D eigenvalue weighted by Crippen LogP contribution is 2.13. The van der Waals surface area contributed by atoms with Gasteiger partial charge >= 0.3 is 5.97 Å². The SMILES string of the molecule is COc1ccc(COC(=O)c2ccc(CNC(C)=O)cc2)cc1. The Kier molecular flexibility index (Phi) is 5.74. The summed E-state index contributed by atoms with van der Waals surface area (Å²) in [4.78, 5) is 22.9. The van der Waals surface area contributed by atoms with Crippen molar-refractivity contribution in [2.24, 2.45) is 0 Å². The molecule has 5 nitrogen and oxygen atoms in total. The Bertz CT molecular complexity index is 662. The number of ether oxygens (including phenoxy) is 2. The van der Waals surface area contributed by atoms with Crippen LogP contribution in [0.3, 0.4) is 0 Å². The molecule has 0 fully saturated rings. The molecule has 0 unspecified atom stereocenters. The number of esters is 1. The van der Waals surface area contributed by atoms with Crippen LogP contribution in [0.1, 0.15) is 28.4 Å². The molecule has 2 aromatic carbocycles. The molecule has 0 heterocycles. The number of methoxy groups -OCH3 is 1. The quantitative estimate of drug-likeness (QED) is 0.833.